The van der Waals surface area contributed by atoms with Gasteiger partial charge in [-0.05, 0) is 6.92 Å². The minimum Gasteiger partial charge on any atom is -0.477 e. The zero-order chi connectivity index (χ0) is 32.4. The molecule has 5 unspecified atom stereocenters. The standard InChI is InChI=1S/C25H42O18/c1-9(29)3-14-18(34)19(35)21(15(7-27)39-14)41-22-12(31)4-24(38,16(8-28)40-22)43-25(23(36)37)5-11(30)10(2)20(42-25)17(33)13(32)6-26/h10-22,26-28,30-35,38H,3-8H2,1-2H3,(H,36,37)/t10-,11-,12?,13-,14+,15?,16?,17-,18?,19-,20?,21-,22+,24+,25+/m1/s1. The van der Waals surface area contributed by atoms with Crippen molar-refractivity contribution in [1.82, 2.24) is 0 Å². The van der Waals surface area contributed by atoms with Gasteiger partial charge in [0, 0.05) is 25.2 Å². The van der Waals surface area contributed by atoms with E-state index in [1.165, 1.54) is 13.8 Å². The van der Waals surface area contributed by atoms with Gasteiger partial charge in [-0.1, -0.05) is 6.92 Å². The van der Waals surface area contributed by atoms with Crippen LogP contribution in [0.4, 0.5) is 0 Å². The van der Waals surface area contributed by atoms with E-state index in [1.54, 1.807) is 0 Å². The molecule has 0 aromatic rings. The van der Waals surface area contributed by atoms with Crippen molar-refractivity contribution in [2.24, 2.45) is 5.92 Å². The predicted octanol–water partition coefficient (Wildman–Crippen LogP) is -5.71. The summed E-state index contributed by atoms with van der Waals surface area (Å²) in [7, 11) is 0. The van der Waals surface area contributed by atoms with Crippen molar-refractivity contribution >= 4 is 11.8 Å². The number of aliphatic hydroxyl groups excluding tert-OH is 9. The Morgan fingerprint density at radius 1 is 0.953 bits per heavy atom. The maximum atomic E-state index is 12.4. The summed E-state index contributed by atoms with van der Waals surface area (Å²) in [6.07, 6.45) is -21.8. The van der Waals surface area contributed by atoms with E-state index in [1.807, 2.05) is 0 Å². The fourth-order valence-electron chi connectivity index (χ4n) is 5.54. The molecule has 0 spiro atoms. The highest BCUT2D eigenvalue weighted by molar-refractivity contribution is 5.76. The summed E-state index contributed by atoms with van der Waals surface area (Å²) < 4.78 is 27.5. The lowest BCUT2D eigenvalue weighted by atomic mass is 9.84. The fraction of sp³-hybridized carbons (Fsp3) is 0.920. The first-order valence-corrected chi connectivity index (χ1v) is 13.7. The normalized spacial score (nSPS) is 45.3. The number of hydrogen-bond acceptors (Lipinski definition) is 17. The number of Topliss-reactive ketones (excluding diaryl/α,β-unsaturated/α-hetero) is 1. The van der Waals surface area contributed by atoms with E-state index >= 15 is 0 Å². The van der Waals surface area contributed by atoms with Crippen LogP contribution >= 0.6 is 0 Å². The number of carbonyl (C=O) groups is 2. The zero-order valence-corrected chi connectivity index (χ0v) is 23.5. The van der Waals surface area contributed by atoms with Crippen LogP contribution in [0, 0.1) is 5.92 Å². The molecule has 0 bridgehead atoms. The minimum atomic E-state index is -2.92. The summed E-state index contributed by atoms with van der Waals surface area (Å²) in [5.74, 6) is -9.01. The number of aliphatic carboxylic acids is 1. The molecule has 3 saturated heterocycles. The second-order valence-electron chi connectivity index (χ2n) is 11.3. The third kappa shape index (κ3) is 7.51. The molecule has 250 valence electrons. The van der Waals surface area contributed by atoms with Gasteiger partial charge in [0.15, 0.2) is 6.29 Å². The number of carboxylic acid groups (broad SMARTS) is 1. The van der Waals surface area contributed by atoms with Gasteiger partial charge in [0.05, 0.1) is 38.1 Å². The molecule has 3 rings (SSSR count). The van der Waals surface area contributed by atoms with Crippen molar-refractivity contribution in [3.63, 3.8) is 0 Å². The van der Waals surface area contributed by atoms with Crippen molar-refractivity contribution in [2.45, 2.75) is 118 Å². The van der Waals surface area contributed by atoms with Gasteiger partial charge in [-0.15, -0.1) is 0 Å². The largest absolute Gasteiger partial charge is 0.477 e. The maximum absolute atomic E-state index is 12.4. The number of ketones is 1. The molecular formula is C25H42O18. The second kappa shape index (κ2) is 14.3. The van der Waals surface area contributed by atoms with Crippen LogP contribution in [-0.2, 0) is 33.3 Å². The third-order valence-electron chi connectivity index (χ3n) is 8.04. The van der Waals surface area contributed by atoms with Gasteiger partial charge in [-0.2, -0.15) is 0 Å². The average molecular weight is 631 g/mol. The smallest absolute Gasteiger partial charge is 0.364 e. The van der Waals surface area contributed by atoms with Gasteiger partial charge in [0.1, 0.15) is 54.6 Å². The summed E-state index contributed by atoms with van der Waals surface area (Å²) in [5, 5.41) is 113. The summed E-state index contributed by atoms with van der Waals surface area (Å²) in [4.78, 5) is 23.9. The van der Waals surface area contributed by atoms with E-state index in [9.17, 15) is 65.8 Å². The predicted molar refractivity (Wildman–Crippen MR) is 134 cm³/mol. The first-order valence-electron chi connectivity index (χ1n) is 13.7. The van der Waals surface area contributed by atoms with Crippen LogP contribution in [0.1, 0.15) is 33.1 Å². The molecule has 0 radical (unpaired) electrons. The Balaban J connectivity index is 1.82. The molecule has 0 aliphatic carbocycles. The zero-order valence-electron chi connectivity index (χ0n) is 23.5. The molecule has 3 heterocycles. The average Bonchev–Trinajstić information content (AvgIpc) is 2.94. The number of hydrogen-bond donors (Lipinski definition) is 11. The molecule has 0 amide bonds. The Labute approximate surface area is 245 Å². The van der Waals surface area contributed by atoms with Gasteiger partial charge < -0.3 is 79.9 Å². The molecule has 18 heteroatoms. The summed E-state index contributed by atoms with van der Waals surface area (Å²) in [6.45, 7) is -0.145. The maximum Gasteiger partial charge on any atom is 0.364 e. The minimum absolute atomic E-state index is 0.279. The number of ether oxygens (including phenoxy) is 5. The third-order valence-corrected chi connectivity index (χ3v) is 8.04. The molecule has 0 saturated carbocycles. The Bertz CT molecular complexity index is 951. The van der Waals surface area contributed by atoms with Crippen LogP contribution in [0.5, 0.6) is 0 Å². The van der Waals surface area contributed by atoms with E-state index in [0.29, 0.717) is 0 Å². The van der Waals surface area contributed by atoms with Crippen LogP contribution in [0.2, 0.25) is 0 Å². The molecule has 11 N–H and O–H groups in total. The van der Waals surface area contributed by atoms with Crippen LogP contribution in [0.15, 0.2) is 0 Å². The van der Waals surface area contributed by atoms with Crippen LogP contribution < -0.4 is 0 Å². The lowest BCUT2D eigenvalue weighted by Gasteiger charge is -2.51. The number of carboxylic acids is 1. The highest BCUT2D eigenvalue weighted by Crippen LogP contribution is 2.42. The lowest BCUT2D eigenvalue weighted by molar-refractivity contribution is -0.433. The van der Waals surface area contributed by atoms with Crippen LogP contribution in [0.3, 0.4) is 0 Å². The van der Waals surface area contributed by atoms with Crippen molar-refractivity contribution in [2.75, 3.05) is 19.8 Å². The van der Waals surface area contributed by atoms with Crippen molar-refractivity contribution < 1.29 is 89.4 Å². The highest BCUT2D eigenvalue weighted by atomic mass is 16.8. The Hall–Kier alpha value is -1.46. The molecule has 3 aliphatic rings. The van der Waals surface area contributed by atoms with Crippen molar-refractivity contribution in [3.05, 3.63) is 0 Å². The number of aliphatic hydroxyl groups is 10. The molecule has 18 nitrogen and oxygen atoms in total. The van der Waals surface area contributed by atoms with Gasteiger partial charge >= 0.3 is 5.97 Å². The van der Waals surface area contributed by atoms with E-state index in [2.05, 4.69) is 0 Å². The van der Waals surface area contributed by atoms with E-state index in [0.717, 1.165) is 0 Å². The Morgan fingerprint density at radius 2 is 1.60 bits per heavy atom. The summed E-state index contributed by atoms with van der Waals surface area (Å²) in [5.41, 5.74) is 0. The van der Waals surface area contributed by atoms with Gasteiger partial charge in [-0.3, -0.25) is 4.79 Å². The molecule has 3 aliphatic heterocycles. The molecule has 3 fully saturated rings. The molecule has 43 heavy (non-hydrogen) atoms. The Morgan fingerprint density at radius 3 is 2.14 bits per heavy atom. The Kier molecular flexibility index (Phi) is 12.0. The van der Waals surface area contributed by atoms with Crippen molar-refractivity contribution in [3.8, 4) is 0 Å². The number of carbonyl (C=O) groups excluding carboxylic acids is 1. The van der Waals surface area contributed by atoms with E-state index < -0.39 is 130 Å². The van der Waals surface area contributed by atoms with Crippen LogP contribution in [0.25, 0.3) is 0 Å². The molecule has 0 aromatic carbocycles. The first kappa shape index (κ1) is 36.0. The summed E-state index contributed by atoms with van der Waals surface area (Å²) >= 11 is 0. The van der Waals surface area contributed by atoms with Gasteiger partial charge in [0.2, 0.25) is 5.79 Å². The van der Waals surface area contributed by atoms with E-state index in [4.69, 9.17) is 23.7 Å². The van der Waals surface area contributed by atoms with E-state index in [-0.39, 0.29) is 12.2 Å². The molecule has 15 atom stereocenters. The first-order chi connectivity index (χ1) is 20.0. The number of rotatable bonds is 12. The van der Waals surface area contributed by atoms with Gasteiger partial charge in [0.25, 0.3) is 5.79 Å². The van der Waals surface area contributed by atoms with Gasteiger partial charge in [-0.25, -0.2) is 4.79 Å². The van der Waals surface area contributed by atoms with Crippen molar-refractivity contribution in [1.29, 1.82) is 0 Å². The summed E-state index contributed by atoms with van der Waals surface area (Å²) in [6, 6.07) is 0. The lowest BCUT2D eigenvalue weighted by Crippen LogP contribution is -2.68. The van der Waals surface area contributed by atoms with Crippen LogP contribution in [-0.4, -0.2) is 173 Å². The molecule has 0 aromatic heterocycles. The second-order valence-corrected chi connectivity index (χ2v) is 11.3. The highest BCUT2D eigenvalue weighted by Gasteiger charge is 2.61. The quantitative estimate of drug-likeness (QED) is 0.0895. The monoisotopic (exact) mass is 630 g/mol. The fourth-order valence-corrected chi connectivity index (χ4v) is 5.54. The molecular weight excluding hydrogens is 588 g/mol. The SMILES string of the molecule is CC(=O)C[C@@H]1OC(CO)[C@@H](O[C@@H]2OC(CO)[C@@](O)(O[C@]3(C(=O)O)C[C@@H](O)[C@@H](C)C([C@H](O)[C@H](O)CO)O3)CC2O)[C@H](O)C1O. The topological polar surface area (TPSA) is 303 Å².